The number of benzene rings is 1. The van der Waals surface area contributed by atoms with Crippen molar-refractivity contribution >= 4 is 0 Å². The van der Waals surface area contributed by atoms with Crippen LogP contribution in [0.2, 0.25) is 0 Å². The van der Waals surface area contributed by atoms with Gasteiger partial charge in [-0.3, -0.25) is 4.90 Å². The van der Waals surface area contributed by atoms with Gasteiger partial charge in [-0.1, -0.05) is 30.3 Å². The van der Waals surface area contributed by atoms with Gasteiger partial charge < -0.3 is 5.32 Å². The monoisotopic (exact) mass is 244 g/mol. The molecule has 0 bridgehead atoms. The van der Waals surface area contributed by atoms with E-state index in [1.807, 2.05) is 0 Å². The molecule has 0 aromatic heterocycles. The van der Waals surface area contributed by atoms with Crippen LogP contribution in [0.4, 0.5) is 0 Å². The van der Waals surface area contributed by atoms with Crippen molar-refractivity contribution in [3.05, 3.63) is 35.9 Å². The van der Waals surface area contributed by atoms with E-state index in [9.17, 15) is 0 Å². The Kier molecular flexibility index (Phi) is 3.16. The Morgan fingerprint density at radius 3 is 2.78 bits per heavy atom. The molecule has 0 radical (unpaired) electrons. The zero-order valence-corrected chi connectivity index (χ0v) is 11.5. The molecule has 0 amide bonds. The molecular formula is C16H24N2. The molecule has 2 fully saturated rings. The predicted octanol–water partition coefficient (Wildman–Crippen LogP) is 2.65. The molecule has 1 N–H and O–H groups in total. The van der Waals surface area contributed by atoms with E-state index in [2.05, 4.69) is 54.4 Å². The molecule has 1 aromatic rings. The van der Waals surface area contributed by atoms with Crippen LogP contribution in [0.15, 0.2) is 30.3 Å². The van der Waals surface area contributed by atoms with Crippen LogP contribution in [0.25, 0.3) is 0 Å². The van der Waals surface area contributed by atoms with Gasteiger partial charge in [0.2, 0.25) is 0 Å². The zero-order chi connectivity index (χ0) is 12.6. The SMILES string of the molecule is CC1(C)C2NCCCC2CN1Cc1ccccc1. The Balaban J connectivity index is 1.77. The molecule has 3 rings (SSSR count). The van der Waals surface area contributed by atoms with Crippen LogP contribution in [-0.2, 0) is 6.54 Å². The van der Waals surface area contributed by atoms with Crippen molar-refractivity contribution in [2.75, 3.05) is 13.1 Å². The number of likely N-dealkylation sites (tertiary alicyclic amines) is 1. The van der Waals surface area contributed by atoms with E-state index in [1.54, 1.807) is 0 Å². The fourth-order valence-electron chi connectivity index (χ4n) is 3.77. The number of rotatable bonds is 2. The summed E-state index contributed by atoms with van der Waals surface area (Å²) >= 11 is 0. The first-order valence-electron chi connectivity index (χ1n) is 7.20. The van der Waals surface area contributed by atoms with E-state index in [0.29, 0.717) is 6.04 Å². The van der Waals surface area contributed by atoms with Gasteiger partial charge in [0.25, 0.3) is 0 Å². The lowest BCUT2D eigenvalue weighted by molar-refractivity contribution is 0.141. The number of fused-ring (bicyclic) bond motifs is 1. The van der Waals surface area contributed by atoms with Crippen LogP contribution in [0.3, 0.4) is 0 Å². The first-order chi connectivity index (χ1) is 8.68. The van der Waals surface area contributed by atoms with E-state index in [0.717, 1.165) is 12.5 Å². The summed E-state index contributed by atoms with van der Waals surface area (Å²) in [6, 6.07) is 11.5. The van der Waals surface area contributed by atoms with Gasteiger partial charge in [-0.05, 0) is 44.7 Å². The Hall–Kier alpha value is -0.860. The van der Waals surface area contributed by atoms with Gasteiger partial charge in [0.05, 0.1) is 0 Å². The van der Waals surface area contributed by atoms with E-state index in [-0.39, 0.29) is 5.54 Å². The van der Waals surface area contributed by atoms with Gasteiger partial charge in [0, 0.05) is 24.7 Å². The summed E-state index contributed by atoms with van der Waals surface area (Å²) < 4.78 is 0. The largest absolute Gasteiger partial charge is 0.312 e. The fourth-order valence-corrected chi connectivity index (χ4v) is 3.77. The summed E-state index contributed by atoms with van der Waals surface area (Å²) in [5, 5.41) is 3.75. The molecular weight excluding hydrogens is 220 g/mol. The van der Waals surface area contributed by atoms with Gasteiger partial charge in [0.1, 0.15) is 0 Å². The number of nitrogens with zero attached hydrogens (tertiary/aromatic N) is 1. The number of hydrogen-bond acceptors (Lipinski definition) is 2. The average molecular weight is 244 g/mol. The third-order valence-electron chi connectivity index (χ3n) is 4.83. The smallest absolute Gasteiger partial charge is 0.0313 e. The summed E-state index contributed by atoms with van der Waals surface area (Å²) in [5.41, 5.74) is 1.71. The molecule has 0 saturated carbocycles. The van der Waals surface area contributed by atoms with Crippen molar-refractivity contribution in [3.63, 3.8) is 0 Å². The maximum atomic E-state index is 3.75. The van der Waals surface area contributed by atoms with Crippen molar-refractivity contribution in [1.29, 1.82) is 0 Å². The van der Waals surface area contributed by atoms with E-state index >= 15 is 0 Å². The first-order valence-corrected chi connectivity index (χ1v) is 7.20. The summed E-state index contributed by atoms with van der Waals surface area (Å²) in [4.78, 5) is 2.66. The van der Waals surface area contributed by atoms with Crippen LogP contribution >= 0.6 is 0 Å². The van der Waals surface area contributed by atoms with E-state index < -0.39 is 0 Å². The van der Waals surface area contributed by atoms with Gasteiger partial charge in [-0.15, -0.1) is 0 Å². The molecule has 0 spiro atoms. The molecule has 2 saturated heterocycles. The number of hydrogen-bond donors (Lipinski definition) is 1. The molecule has 2 heterocycles. The van der Waals surface area contributed by atoms with E-state index in [4.69, 9.17) is 0 Å². The molecule has 0 aliphatic carbocycles. The zero-order valence-electron chi connectivity index (χ0n) is 11.5. The summed E-state index contributed by atoms with van der Waals surface area (Å²) in [5.74, 6) is 0.845. The Morgan fingerprint density at radius 1 is 1.28 bits per heavy atom. The van der Waals surface area contributed by atoms with Crippen molar-refractivity contribution in [1.82, 2.24) is 10.2 Å². The quantitative estimate of drug-likeness (QED) is 0.860. The van der Waals surface area contributed by atoms with Gasteiger partial charge in [-0.2, -0.15) is 0 Å². The van der Waals surface area contributed by atoms with E-state index in [1.165, 1.54) is 31.5 Å². The van der Waals surface area contributed by atoms with Gasteiger partial charge in [-0.25, -0.2) is 0 Å². The maximum absolute atomic E-state index is 3.75. The Labute approximate surface area is 110 Å². The topological polar surface area (TPSA) is 15.3 Å². The highest BCUT2D eigenvalue weighted by molar-refractivity contribution is 5.16. The molecule has 2 aliphatic heterocycles. The first kappa shape index (κ1) is 12.2. The number of piperidine rings is 1. The minimum atomic E-state index is 0.279. The second kappa shape index (κ2) is 4.67. The minimum absolute atomic E-state index is 0.279. The maximum Gasteiger partial charge on any atom is 0.0313 e. The van der Waals surface area contributed by atoms with Crippen LogP contribution in [0.1, 0.15) is 32.3 Å². The van der Waals surface area contributed by atoms with Crippen molar-refractivity contribution in [2.45, 2.75) is 44.8 Å². The van der Waals surface area contributed by atoms with Crippen LogP contribution in [0, 0.1) is 5.92 Å². The summed E-state index contributed by atoms with van der Waals surface area (Å²) in [6.45, 7) is 8.34. The fraction of sp³-hybridized carbons (Fsp3) is 0.625. The molecule has 2 heteroatoms. The summed E-state index contributed by atoms with van der Waals surface area (Å²) in [7, 11) is 0. The predicted molar refractivity (Wildman–Crippen MR) is 75.4 cm³/mol. The minimum Gasteiger partial charge on any atom is -0.312 e. The van der Waals surface area contributed by atoms with Crippen molar-refractivity contribution < 1.29 is 0 Å². The lowest BCUT2D eigenvalue weighted by Gasteiger charge is -2.38. The molecule has 1 aromatic carbocycles. The molecule has 18 heavy (non-hydrogen) atoms. The lowest BCUT2D eigenvalue weighted by Crippen LogP contribution is -2.53. The van der Waals surface area contributed by atoms with Crippen LogP contribution in [0.5, 0.6) is 0 Å². The molecule has 2 unspecified atom stereocenters. The highest BCUT2D eigenvalue weighted by atomic mass is 15.3. The third kappa shape index (κ3) is 2.08. The van der Waals surface area contributed by atoms with Crippen molar-refractivity contribution in [3.8, 4) is 0 Å². The highest BCUT2D eigenvalue weighted by Gasteiger charge is 2.47. The van der Waals surface area contributed by atoms with Gasteiger partial charge in [0.15, 0.2) is 0 Å². The highest BCUT2D eigenvalue weighted by Crippen LogP contribution is 2.38. The third-order valence-corrected chi connectivity index (χ3v) is 4.83. The number of nitrogens with one attached hydrogen (secondary N) is 1. The molecule has 98 valence electrons. The average Bonchev–Trinajstić information content (AvgIpc) is 2.63. The molecule has 2 nitrogen and oxygen atoms in total. The van der Waals surface area contributed by atoms with Crippen molar-refractivity contribution in [2.24, 2.45) is 5.92 Å². The standard InChI is InChI=1S/C16H24N2/c1-16(2)15-14(9-6-10-17-15)12-18(16)11-13-7-4-3-5-8-13/h3-5,7-8,14-15,17H,6,9-12H2,1-2H3. The normalized spacial score (nSPS) is 31.2. The Bertz CT molecular complexity index is 399. The molecule has 2 atom stereocenters. The lowest BCUT2D eigenvalue weighted by atomic mass is 9.84. The summed E-state index contributed by atoms with van der Waals surface area (Å²) in [6.07, 6.45) is 2.74. The second-order valence-electron chi connectivity index (χ2n) is 6.35. The van der Waals surface area contributed by atoms with Crippen LogP contribution < -0.4 is 5.32 Å². The van der Waals surface area contributed by atoms with Gasteiger partial charge >= 0.3 is 0 Å². The molecule has 2 aliphatic rings. The Morgan fingerprint density at radius 2 is 2.06 bits per heavy atom. The van der Waals surface area contributed by atoms with Crippen LogP contribution in [-0.4, -0.2) is 29.6 Å². The second-order valence-corrected chi connectivity index (χ2v) is 6.35.